The Morgan fingerprint density at radius 2 is 0.667 bits per heavy atom. The summed E-state index contributed by atoms with van der Waals surface area (Å²) in [6.07, 6.45) is 0. The molecule has 0 spiro atoms. The molecule has 250 valence electrons. The van der Waals surface area contributed by atoms with Crippen molar-refractivity contribution in [3.63, 3.8) is 0 Å². The molecule has 2 aromatic heterocycles. The Kier molecular flexibility index (Phi) is 6.09. The van der Waals surface area contributed by atoms with Crippen molar-refractivity contribution < 1.29 is 8.83 Å². The van der Waals surface area contributed by atoms with E-state index in [1.807, 2.05) is 12.1 Å². The molecule has 0 bridgehead atoms. The molecule has 0 amide bonds. The van der Waals surface area contributed by atoms with Gasteiger partial charge in [0.15, 0.2) is 0 Å². The predicted octanol–water partition coefficient (Wildman–Crippen LogP) is 15.1. The third-order valence-corrected chi connectivity index (χ3v) is 11.4. The van der Waals surface area contributed by atoms with Crippen LogP contribution in [0.1, 0.15) is 0 Å². The molecule has 12 aromatic rings. The lowest BCUT2D eigenvalue weighted by Gasteiger charge is -2.18. The van der Waals surface area contributed by atoms with Crippen molar-refractivity contribution in [2.24, 2.45) is 0 Å². The van der Waals surface area contributed by atoms with Crippen molar-refractivity contribution in [1.82, 2.24) is 0 Å². The highest BCUT2D eigenvalue weighted by Crippen LogP contribution is 2.44. The maximum absolute atomic E-state index is 6.41. The fourth-order valence-electron chi connectivity index (χ4n) is 8.86. The van der Waals surface area contributed by atoms with E-state index in [1.54, 1.807) is 0 Å². The molecule has 54 heavy (non-hydrogen) atoms. The van der Waals surface area contributed by atoms with Crippen LogP contribution >= 0.6 is 0 Å². The second-order valence-electron chi connectivity index (χ2n) is 14.4. The van der Waals surface area contributed by atoms with Crippen LogP contribution in [0.2, 0.25) is 0 Å². The standard InChI is InChI=1S/C52H30O2/c1-2-10-31(11-3-1)51-40-13-4-6-15-42(40)52(43-16-7-5-14-41(43)51)36-21-20-32-24-33(18-19-34(32)25-36)35-22-23-48-45(26-35)46-28-37-27-44-39-12-8-9-17-47(39)53-49(44)29-38(37)30-50(46)54-48/h1-30H. The Labute approximate surface area is 310 Å². The van der Waals surface area contributed by atoms with Gasteiger partial charge in [0.25, 0.3) is 0 Å². The summed E-state index contributed by atoms with van der Waals surface area (Å²) in [6.45, 7) is 0. The summed E-state index contributed by atoms with van der Waals surface area (Å²) in [5.41, 5.74) is 11.0. The van der Waals surface area contributed by atoms with Crippen LogP contribution < -0.4 is 0 Å². The van der Waals surface area contributed by atoms with Gasteiger partial charge in [-0.05, 0) is 131 Å². The van der Waals surface area contributed by atoms with Crippen LogP contribution in [-0.2, 0) is 0 Å². The average molecular weight is 687 g/mol. The van der Waals surface area contributed by atoms with E-state index in [0.29, 0.717) is 0 Å². The molecule has 2 heteroatoms. The van der Waals surface area contributed by atoms with Crippen molar-refractivity contribution in [1.29, 1.82) is 0 Å². The molecular weight excluding hydrogens is 657 g/mol. The first-order valence-corrected chi connectivity index (χ1v) is 18.5. The number of benzene rings is 10. The molecule has 0 atom stereocenters. The van der Waals surface area contributed by atoms with E-state index in [-0.39, 0.29) is 0 Å². The highest BCUT2D eigenvalue weighted by atomic mass is 16.3. The SMILES string of the molecule is c1ccc(-c2c3ccccc3c(-c3ccc4cc(-c5ccc6oc7cc8cc9oc%10ccccc%10c9cc8cc7c6c5)ccc4c3)c3ccccc23)cc1. The summed E-state index contributed by atoms with van der Waals surface area (Å²) in [4.78, 5) is 0. The van der Waals surface area contributed by atoms with E-state index in [1.165, 1.54) is 71.1 Å². The van der Waals surface area contributed by atoms with E-state index < -0.39 is 0 Å². The largest absolute Gasteiger partial charge is 0.456 e. The zero-order valence-electron chi connectivity index (χ0n) is 29.1. The van der Waals surface area contributed by atoms with Crippen molar-refractivity contribution in [3.05, 3.63) is 182 Å². The van der Waals surface area contributed by atoms with E-state index >= 15 is 0 Å². The highest BCUT2D eigenvalue weighted by Gasteiger charge is 2.17. The van der Waals surface area contributed by atoms with Crippen molar-refractivity contribution >= 4 is 87.0 Å². The second kappa shape index (κ2) is 11.2. The van der Waals surface area contributed by atoms with Crippen LogP contribution in [0, 0.1) is 0 Å². The molecule has 12 rings (SSSR count). The Bertz CT molecular complexity index is 3430. The molecule has 0 saturated heterocycles. The van der Waals surface area contributed by atoms with Gasteiger partial charge in [0, 0.05) is 21.5 Å². The maximum atomic E-state index is 6.41. The average Bonchev–Trinajstić information content (AvgIpc) is 3.77. The van der Waals surface area contributed by atoms with Crippen molar-refractivity contribution in [3.8, 4) is 33.4 Å². The van der Waals surface area contributed by atoms with Crippen LogP contribution in [0.25, 0.3) is 120 Å². The lowest BCUT2D eigenvalue weighted by atomic mass is 9.85. The first-order chi connectivity index (χ1) is 26.7. The van der Waals surface area contributed by atoms with Gasteiger partial charge in [-0.15, -0.1) is 0 Å². The minimum Gasteiger partial charge on any atom is -0.456 e. The first kappa shape index (κ1) is 29.4. The number of rotatable bonds is 3. The second-order valence-corrected chi connectivity index (χ2v) is 14.4. The van der Waals surface area contributed by atoms with E-state index in [9.17, 15) is 0 Å². The molecule has 0 aliphatic carbocycles. The van der Waals surface area contributed by atoms with Gasteiger partial charge >= 0.3 is 0 Å². The van der Waals surface area contributed by atoms with E-state index in [2.05, 4.69) is 170 Å². The van der Waals surface area contributed by atoms with Gasteiger partial charge in [-0.3, -0.25) is 0 Å². The summed E-state index contributed by atoms with van der Waals surface area (Å²) in [5.74, 6) is 0. The van der Waals surface area contributed by atoms with Gasteiger partial charge in [0.05, 0.1) is 0 Å². The van der Waals surface area contributed by atoms with Crippen molar-refractivity contribution in [2.45, 2.75) is 0 Å². The van der Waals surface area contributed by atoms with Crippen LogP contribution in [-0.4, -0.2) is 0 Å². The Morgan fingerprint density at radius 1 is 0.222 bits per heavy atom. The first-order valence-electron chi connectivity index (χ1n) is 18.5. The summed E-state index contributed by atoms with van der Waals surface area (Å²) in [5, 5.41) is 14.3. The summed E-state index contributed by atoms with van der Waals surface area (Å²) in [6, 6.07) is 65.8. The fraction of sp³-hybridized carbons (Fsp3) is 0. The zero-order valence-corrected chi connectivity index (χ0v) is 29.1. The van der Waals surface area contributed by atoms with Gasteiger partial charge < -0.3 is 8.83 Å². The summed E-state index contributed by atoms with van der Waals surface area (Å²) in [7, 11) is 0. The van der Waals surface area contributed by atoms with Crippen LogP contribution in [0.3, 0.4) is 0 Å². The molecular formula is C52H30O2. The predicted molar refractivity (Wildman–Crippen MR) is 227 cm³/mol. The molecule has 0 N–H and O–H groups in total. The molecule has 2 nitrogen and oxygen atoms in total. The third-order valence-electron chi connectivity index (χ3n) is 11.4. The molecule has 10 aromatic carbocycles. The monoisotopic (exact) mass is 686 g/mol. The number of hydrogen-bond donors (Lipinski definition) is 0. The number of furan rings is 2. The third kappa shape index (κ3) is 4.34. The van der Waals surface area contributed by atoms with Gasteiger partial charge in [0.2, 0.25) is 0 Å². The highest BCUT2D eigenvalue weighted by molar-refractivity contribution is 6.22. The van der Waals surface area contributed by atoms with Gasteiger partial charge in [-0.2, -0.15) is 0 Å². The molecule has 0 unspecified atom stereocenters. The van der Waals surface area contributed by atoms with Crippen LogP contribution in [0.15, 0.2) is 191 Å². The minimum atomic E-state index is 0.882. The molecule has 0 radical (unpaired) electrons. The molecule has 0 aliphatic heterocycles. The van der Waals surface area contributed by atoms with Gasteiger partial charge in [0.1, 0.15) is 22.3 Å². The lowest BCUT2D eigenvalue weighted by molar-refractivity contribution is 0.668. The topological polar surface area (TPSA) is 26.3 Å². The van der Waals surface area contributed by atoms with Gasteiger partial charge in [-0.1, -0.05) is 127 Å². The number of hydrogen-bond acceptors (Lipinski definition) is 2. The Morgan fingerprint density at radius 3 is 1.33 bits per heavy atom. The number of para-hydroxylation sites is 1. The summed E-state index contributed by atoms with van der Waals surface area (Å²) < 4.78 is 12.6. The lowest BCUT2D eigenvalue weighted by Crippen LogP contribution is -1.90. The quantitative estimate of drug-likeness (QED) is 0.173. The fourth-order valence-corrected chi connectivity index (χ4v) is 8.86. The summed E-state index contributed by atoms with van der Waals surface area (Å²) >= 11 is 0. The van der Waals surface area contributed by atoms with E-state index in [4.69, 9.17) is 8.83 Å². The molecule has 0 fully saturated rings. The maximum Gasteiger partial charge on any atom is 0.136 e. The van der Waals surface area contributed by atoms with E-state index in [0.717, 1.165) is 49.3 Å². The molecule has 0 aliphatic rings. The Balaban J connectivity index is 0.976. The molecule has 2 heterocycles. The Hall–Kier alpha value is -7.16. The van der Waals surface area contributed by atoms with Crippen LogP contribution in [0.5, 0.6) is 0 Å². The minimum absolute atomic E-state index is 0.882. The smallest absolute Gasteiger partial charge is 0.136 e. The molecule has 0 saturated carbocycles. The normalized spacial score (nSPS) is 12.1. The van der Waals surface area contributed by atoms with Crippen LogP contribution in [0.4, 0.5) is 0 Å². The number of fused-ring (bicyclic) bond motifs is 10. The zero-order chi connectivity index (χ0) is 35.3. The van der Waals surface area contributed by atoms with Crippen molar-refractivity contribution in [2.75, 3.05) is 0 Å². The van der Waals surface area contributed by atoms with Gasteiger partial charge in [-0.25, -0.2) is 0 Å².